The van der Waals surface area contributed by atoms with E-state index < -0.39 is 0 Å². The van der Waals surface area contributed by atoms with Gasteiger partial charge in [-0.05, 0) is 57.5 Å². The van der Waals surface area contributed by atoms with E-state index in [0.717, 1.165) is 25.2 Å². The average molecular weight is 354 g/mol. The van der Waals surface area contributed by atoms with Crippen molar-refractivity contribution in [2.75, 3.05) is 19.7 Å². The Hall–Kier alpha value is -2.31. The molecule has 0 aliphatic rings. The highest BCUT2D eigenvalue weighted by molar-refractivity contribution is 5.87. The van der Waals surface area contributed by atoms with Crippen LogP contribution >= 0.6 is 0 Å². The van der Waals surface area contributed by atoms with Crippen LogP contribution in [0.25, 0.3) is 6.08 Å². The van der Waals surface area contributed by atoms with E-state index in [2.05, 4.69) is 62.6 Å². The van der Waals surface area contributed by atoms with Crippen molar-refractivity contribution in [1.29, 1.82) is 0 Å². The lowest BCUT2D eigenvalue weighted by Crippen LogP contribution is -2.22. The molecule has 0 saturated heterocycles. The fraction of sp³-hybridized carbons (Fsp3) is 0.435. The van der Waals surface area contributed by atoms with Gasteiger partial charge in [0.25, 0.3) is 0 Å². The zero-order valence-electron chi connectivity index (χ0n) is 16.7. The third kappa shape index (κ3) is 9.86. The lowest BCUT2D eigenvalue weighted by molar-refractivity contribution is -0.137. The molecule has 0 unspecified atom stereocenters. The first kappa shape index (κ1) is 21.7. The first-order chi connectivity index (χ1) is 12.3. The Morgan fingerprint density at radius 3 is 2.69 bits per heavy atom. The molecule has 0 aromatic heterocycles. The van der Waals surface area contributed by atoms with Gasteiger partial charge in [0, 0.05) is 24.6 Å². The molecular formula is C23H31NO2. The maximum absolute atomic E-state index is 11.4. The molecule has 1 aromatic carbocycles. The average Bonchev–Trinajstić information content (AvgIpc) is 2.58. The molecule has 3 heteroatoms. The minimum absolute atomic E-state index is 0.0340. The summed E-state index contributed by atoms with van der Waals surface area (Å²) in [6.07, 6.45) is 7.30. The number of benzene rings is 1. The number of rotatable bonds is 8. The quantitative estimate of drug-likeness (QED) is 0.386. The maximum atomic E-state index is 11.4. The second kappa shape index (κ2) is 11.3. The number of esters is 1. The number of carbonyl (C=O) groups is 1. The van der Waals surface area contributed by atoms with Crippen molar-refractivity contribution >= 4 is 12.0 Å². The van der Waals surface area contributed by atoms with Crippen molar-refractivity contribution in [3.8, 4) is 11.8 Å². The van der Waals surface area contributed by atoms with Crippen LogP contribution in [-0.2, 0) is 16.1 Å². The Labute approximate surface area is 158 Å². The lowest BCUT2D eigenvalue weighted by atomic mass is 9.98. The molecule has 0 saturated carbocycles. The molecule has 0 aliphatic heterocycles. The zero-order valence-corrected chi connectivity index (χ0v) is 16.7. The van der Waals surface area contributed by atoms with Crippen LogP contribution in [0, 0.1) is 17.3 Å². The van der Waals surface area contributed by atoms with E-state index in [-0.39, 0.29) is 11.4 Å². The molecular weight excluding hydrogens is 322 g/mol. The van der Waals surface area contributed by atoms with Crippen LogP contribution in [0.15, 0.2) is 42.5 Å². The van der Waals surface area contributed by atoms with Gasteiger partial charge in [0.15, 0.2) is 0 Å². The SMILES string of the molecule is CCOC(=O)/C=C/c1cccc(CN(CC)C/C=C/C#CC(C)(C)C)c1. The van der Waals surface area contributed by atoms with Gasteiger partial charge in [0.05, 0.1) is 6.61 Å². The van der Waals surface area contributed by atoms with E-state index in [1.165, 1.54) is 11.6 Å². The Bertz CT molecular complexity index is 684. The van der Waals surface area contributed by atoms with E-state index in [4.69, 9.17) is 4.74 Å². The standard InChI is InChI=1S/C23H31NO2/c1-6-24(17-10-8-9-16-23(3,4)5)19-21-13-11-12-20(18-21)14-15-22(25)26-7-2/h8,10-15,18H,6-7,17,19H2,1-5H3/b10-8+,15-14+. The van der Waals surface area contributed by atoms with Crippen molar-refractivity contribution in [3.63, 3.8) is 0 Å². The Balaban J connectivity index is 2.65. The van der Waals surface area contributed by atoms with Crippen molar-refractivity contribution in [3.05, 3.63) is 53.6 Å². The highest BCUT2D eigenvalue weighted by Gasteiger charge is 2.03. The van der Waals surface area contributed by atoms with Gasteiger partial charge in [-0.3, -0.25) is 4.90 Å². The monoisotopic (exact) mass is 353 g/mol. The largest absolute Gasteiger partial charge is 0.463 e. The van der Waals surface area contributed by atoms with Crippen LogP contribution in [0.1, 0.15) is 45.7 Å². The number of allylic oxidation sites excluding steroid dienone is 1. The van der Waals surface area contributed by atoms with E-state index in [1.807, 2.05) is 18.2 Å². The molecule has 0 heterocycles. The van der Waals surface area contributed by atoms with Crippen LogP contribution in [0.3, 0.4) is 0 Å². The summed E-state index contributed by atoms with van der Waals surface area (Å²) in [5.41, 5.74) is 2.25. The first-order valence-electron chi connectivity index (χ1n) is 9.18. The normalized spacial score (nSPS) is 11.8. The number of hydrogen-bond donors (Lipinski definition) is 0. The summed E-state index contributed by atoms with van der Waals surface area (Å²) in [6, 6.07) is 8.20. The number of ether oxygens (including phenoxy) is 1. The predicted molar refractivity (Wildman–Crippen MR) is 109 cm³/mol. The zero-order chi connectivity index (χ0) is 19.4. The van der Waals surface area contributed by atoms with Gasteiger partial charge in [-0.1, -0.05) is 49.1 Å². The molecule has 0 fully saturated rings. The summed E-state index contributed by atoms with van der Waals surface area (Å²) in [7, 11) is 0. The maximum Gasteiger partial charge on any atom is 0.330 e. The number of likely N-dealkylation sites (N-methyl/N-ethyl adjacent to an activating group) is 1. The van der Waals surface area contributed by atoms with Crippen LogP contribution in [0.5, 0.6) is 0 Å². The van der Waals surface area contributed by atoms with Crippen LogP contribution < -0.4 is 0 Å². The molecule has 3 nitrogen and oxygen atoms in total. The van der Waals surface area contributed by atoms with Crippen molar-refractivity contribution < 1.29 is 9.53 Å². The predicted octanol–water partition coefficient (Wildman–Crippen LogP) is 4.69. The van der Waals surface area contributed by atoms with E-state index in [0.29, 0.717) is 6.61 Å². The third-order valence-corrected chi connectivity index (χ3v) is 3.51. The van der Waals surface area contributed by atoms with Gasteiger partial charge in [0.1, 0.15) is 0 Å². The molecule has 0 bridgehead atoms. The summed E-state index contributed by atoms with van der Waals surface area (Å²) < 4.78 is 4.91. The van der Waals surface area contributed by atoms with E-state index >= 15 is 0 Å². The molecule has 0 radical (unpaired) electrons. The van der Waals surface area contributed by atoms with E-state index in [1.54, 1.807) is 13.0 Å². The summed E-state index contributed by atoms with van der Waals surface area (Å²) in [5, 5.41) is 0. The van der Waals surface area contributed by atoms with Crippen LogP contribution in [0.2, 0.25) is 0 Å². The first-order valence-corrected chi connectivity index (χ1v) is 9.18. The minimum atomic E-state index is -0.311. The molecule has 0 atom stereocenters. The molecule has 140 valence electrons. The fourth-order valence-corrected chi connectivity index (χ4v) is 2.23. The van der Waals surface area contributed by atoms with Crippen molar-refractivity contribution in [1.82, 2.24) is 4.90 Å². The van der Waals surface area contributed by atoms with Crippen molar-refractivity contribution in [2.24, 2.45) is 5.41 Å². The molecule has 0 amide bonds. The fourth-order valence-electron chi connectivity index (χ4n) is 2.23. The van der Waals surface area contributed by atoms with Gasteiger partial charge in [-0.25, -0.2) is 4.79 Å². The summed E-state index contributed by atoms with van der Waals surface area (Å²) in [4.78, 5) is 13.8. The Kier molecular flexibility index (Phi) is 9.47. The van der Waals surface area contributed by atoms with Gasteiger partial charge in [-0.15, -0.1) is 0 Å². The summed E-state index contributed by atoms with van der Waals surface area (Å²) in [6.45, 7) is 13.3. The van der Waals surface area contributed by atoms with Gasteiger partial charge in [-0.2, -0.15) is 0 Å². The third-order valence-electron chi connectivity index (χ3n) is 3.51. The van der Waals surface area contributed by atoms with Gasteiger partial charge < -0.3 is 4.74 Å². The minimum Gasteiger partial charge on any atom is -0.463 e. The summed E-state index contributed by atoms with van der Waals surface area (Å²) >= 11 is 0. The smallest absolute Gasteiger partial charge is 0.330 e. The Morgan fingerprint density at radius 2 is 2.04 bits per heavy atom. The number of hydrogen-bond acceptors (Lipinski definition) is 3. The summed E-state index contributed by atoms with van der Waals surface area (Å²) in [5.74, 6) is 6.00. The highest BCUT2D eigenvalue weighted by Crippen LogP contribution is 2.11. The molecule has 1 rings (SSSR count). The second-order valence-corrected chi connectivity index (χ2v) is 7.08. The Morgan fingerprint density at radius 1 is 1.27 bits per heavy atom. The van der Waals surface area contributed by atoms with E-state index in [9.17, 15) is 4.79 Å². The molecule has 0 aliphatic carbocycles. The van der Waals surface area contributed by atoms with Crippen LogP contribution in [-0.4, -0.2) is 30.6 Å². The molecule has 0 N–H and O–H groups in total. The van der Waals surface area contributed by atoms with Crippen molar-refractivity contribution in [2.45, 2.75) is 41.2 Å². The second-order valence-electron chi connectivity index (χ2n) is 7.08. The van der Waals surface area contributed by atoms with Gasteiger partial charge in [0.2, 0.25) is 0 Å². The topological polar surface area (TPSA) is 29.5 Å². The lowest BCUT2D eigenvalue weighted by Gasteiger charge is -2.18. The molecule has 0 spiro atoms. The number of nitrogens with zero attached hydrogens (tertiary/aromatic N) is 1. The molecule has 1 aromatic rings. The van der Waals surface area contributed by atoms with Crippen LogP contribution in [0.4, 0.5) is 0 Å². The highest BCUT2D eigenvalue weighted by atomic mass is 16.5. The van der Waals surface area contributed by atoms with Gasteiger partial charge >= 0.3 is 5.97 Å². The number of carbonyl (C=O) groups excluding carboxylic acids is 1. The molecule has 26 heavy (non-hydrogen) atoms.